The number of likely N-dealkylation sites (N-methyl/N-ethyl adjacent to an activating group) is 1. The number of likely N-dealkylation sites (tertiary alicyclic amines) is 1. The van der Waals surface area contributed by atoms with Gasteiger partial charge in [-0.15, -0.1) is 24.0 Å². The third-order valence-corrected chi connectivity index (χ3v) is 6.74. The predicted molar refractivity (Wildman–Crippen MR) is 144 cm³/mol. The van der Waals surface area contributed by atoms with Gasteiger partial charge in [0.25, 0.3) is 0 Å². The number of halogens is 1. The molecule has 0 radical (unpaired) electrons. The minimum atomic E-state index is 0. The zero-order valence-corrected chi connectivity index (χ0v) is 22.7. The van der Waals surface area contributed by atoms with Crippen molar-refractivity contribution in [1.82, 2.24) is 25.3 Å². The van der Waals surface area contributed by atoms with E-state index < -0.39 is 0 Å². The summed E-state index contributed by atoms with van der Waals surface area (Å²) in [5.41, 5.74) is 1.33. The number of piperazine rings is 1. The highest BCUT2D eigenvalue weighted by Gasteiger charge is 2.23. The third kappa shape index (κ3) is 8.04. The molecule has 2 atom stereocenters. The van der Waals surface area contributed by atoms with Crippen LogP contribution in [0.2, 0.25) is 0 Å². The number of hydrogen-bond acceptors (Lipinski definition) is 5. The topological polar surface area (TPSA) is 55.4 Å². The summed E-state index contributed by atoms with van der Waals surface area (Å²) in [6.07, 6.45) is 3.90. The van der Waals surface area contributed by atoms with Crippen LogP contribution in [0.15, 0.2) is 29.3 Å². The summed E-state index contributed by atoms with van der Waals surface area (Å²) in [4.78, 5) is 12.1. The molecule has 0 aliphatic carbocycles. The number of methoxy groups -OCH3 is 1. The largest absolute Gasteiger partial charge is 0.497 e. The van der Waals surface area contributed by atoms with Crippen molar-refractivity contribution in [3.63, 3.8) is 0 Å². The van der Waals surface area contributed by atoms with Crippen LogP contribution in [0.25, 0.3) is 0 Å². The summed E-state index contributed by atoms with van der Waals surface area (Å²) >= 11 is 0. The maximum absolute atomic E-state index is 5.36. The second kappa shape index (κ2) is 14.2. The number of aliphatic imine (C=N–C) groups is 1. The van der Waals surface area contributed by atoms with E-state index in [2.05, 4.69) is 68.6 Å². The first kappa shape index (κ1) is 27.1. The molecule has 2 unspecified atom stereocenters. The number of piperidine rings is 1. The van der Waals surface area contributed by atoms with Gasteiger partial charge in [0.2, 0.25) is 0 Å². The van der Waals surface area contributed by atoms with Gasteiger partial charge in [-0.2, -0.15) is 0 Å². The number of nitrogens with one attached hydrogen (secondary N) is 2. The second-order valence-electron chi connectivity index (χ2n) is 8.91. The van der Waals surface area contributed by atoms with E-state index in [1.807, 2.05) is 7.05 Å². The number of rotatable bonds is 8. The van der Waals surface area contributed by atoms with E-state index >= 15 is 0 Å². The average molecular weight is 559 g/mol. The third-order valence-electron chi connectivity index (χ3n) is 6.74. The smallest absolute Gasteiger partial charge is 0.191 e. The number of ether oxygens (including phenoxy) is 1. The zero-order chi connectivity index (χ0) is 22.1. The summed E-state index contributed by atoms with van der Waals surface area (Å²) in [6.45, 7) is 10.9. The highest BCUT2D eigenvalue weighted by molar-refractivity contribution is 14.0. The SMILES string of the molecule is CN=C(NCC(C)N1CCN(C)CC1)NCC(c1ccc(OC)cc1)N1CCCCC1.I. The Morgan fingerprint density at radius 1 is 0.938 bits per heavy atom. The molecule has 8 heteroatoms. The lowest BCUT2D eigenvalue weighted by Gasteiger charge is -2.37. The van der Waals surface area contributed by atoms with Crippen LogP contribution < -0.4 is 15.4 Å². The van der Waals surface area contributed by atoms with Crippen molar-refractivity contribution < 1.29 is 4.74 Å². The first-order valence-corrected chi connectivity index (χ1v) is 11.9. The Morgan fingerprint density at radius 3 is 2.16 bits per heavy atom. The van der Waals surface area contributed by atoms with Crippen molar-refractivity contribution in [3.05, 3.63) is 29.8 Å². The Balaban J connectivity index is 0.00000363. The predicted octanol–water partition coefficient (Wildman–Crippen LogP) is 2.64. The molecule has 0 bridgehead atoms. The molecule has 2 heterocycles. The molecule has 0 spiro atoms. The monoisotopic (exact) mass is 558 g/mol. The highest BCUT2D eigenvalue weighted by Crippen LogP contribution is 2.25. The van der Waals surface area contributed by atoms with Crippen LogP contribution in [0.3, 0.4) is 0 Å². The van der Waals surface area contributed by atoms with Crippen molar-refractivity contribution >= 4 is 29.9 Å². The molecule has 32 heavy (non-hydrogen) atoms. The van der Waals surface area contributed by atoms with Gasteiger partial charge in [-0.3, -0.25) is 14.8 Å². The highest BCUT2D eigenvalue weighted by atomic mass is 127. The molecule has 7 nitrogen and oxygen atoms in total. The Morgan fingerprint density at radius 2 is 1.56 bits per heavy atom. The summed E-state index contributed by atoms with van der Waals surface area (Å²) in [5.74, 6) is 1.79. The molecule has 1 aromatic carbocycles. The van der Waals surface area contributed by atoms with E-state index in [9.17, 15) is 0 Å². The van der Waals surface area contributed by atoms with E-state index in [4.69, 9.17) is 4.74 Å². The molecule has 1 aromatic rings. The van der Waals surface area contributed by atoms with E-state index in [0.29, 0.717) is 12.1 Å². The fraction of sp³-hybridized carbons (Fsp3) is 0.708. The van der Waals surface area contributed by atoms with E-state index in [1.165, 1.54) is 24.8 Å². The van der Waals surface area contributed by atoms with Crippen LogP contribution in [-0.4, -0.2) is 100 Å². The number of guanidine groups is 1. The van der Waals surface area contributed by atoms with Crippen molar-refractivity contribution in [2.24, 2.45) is 4.99 Å². The van der Waals surface area contributed by atoms with Gasteiger partial charge in [-0.25, -0.2) is 0 Å². The van der Waals surface area contributed by atoms with Crippen molar-refractivity contribution in [3.8, 4) is 5.75 Å². The summed E-state index contributed by atoms with van der Waals surface area (Å²) in [6, 6.07) is 9.36. The Hall–Kier alpha value is -1.10. The molecule has 2 aliphatic heterocycles. The van der Waals surface area contributed by atoms with E-state index in [-0.39, 0.29) is 24.0 Å². The average Bonchev–Trinajstić information content (AvgIpc) is 2.82. The van der Waals surface area contributed by atoms with Gasteiger partial charge in [0, 0.05) is 52.4 Å². The molecule has 2 fully saturated rings. The quantitative estimate of drug-likeness (QED) is 0.291. The van der Waals surface area contributed by atoms with Gasteiger partial charge < -0.3 is 20.3 Å². The molecular weight excluding hydrogens is 515 g/mol. The van der Waals surface area contributed by atoms with Crippen LogP contribution in [0, 0.1) is 0 Å². The molecule has 182 valence electrons. The molecule has 2 saturated heterocycles. The number of benzene rings is 1. The van der Waals surface area contributed by atoms with Gasteiger partial charge in [-0.05, 0) is 57.6 Å². The van der Waals surface area contributed by atoms with Crippen LogP contribution >= 0.6 is 24.0 Å². The molecule has 2 N–H and O–H groups in total. The Labute approximate surface area is 212 Å². The van der Waals surface area contributed by atoms with Crippen LogP contribution in [-0.2, 0) is 0 Å². The van der Waals surface area contributed by atoms with Crippen molar-refractivity contribution in [2.75, 3.05) is 73.6 Å². The van der Waals surface area contributed by atoms with Gasteiger partial charge in [0.1, 0.15) is 5.75 Å². The minimum Gasteiger partial charge on any atom is -0.497 e. The number of nitrogens with zero attached hydrogens (tertiary/aromatic N) is 4. The first-order chi connectivity index (χ1) is 15.1. The summed E-state index contributed by atoms with van der Waals surface area (Å²) in [7, 11) is 5.78. The molecule has 3 rings (SSSR count). The maximum Gasteiger partial charge on any atom is 0.191 e. The van der Waals surface area contributed by atoms with Crippen LogP contribution in [0.5, 0.6) is 5.75 Å². The van der Waals surface area contributed by atoms with E-state index in [1.54, 1.807) is 7.11 Å². The van der Waals surface area contributed by atoms with Crippen LogP contribution in [0.1, 0.15) is 37.8 Å². The fourth-order valence-electron chi connectivity index (χ4n) is 4.56. The lowest BCUT2D eigenvalue weighted by Crippen LogP contribution is -2.52. The first-order valence-electron chi connectivity index (χ1n) is 11.9. The molecular formula is C24H43IN6O. The van der Waals surface area contributed by atoms with E-state index in [0.717, 1.165) is 64.1 Å². The fourth-order valence-corrected chi connectivity index (χ4v) is 4.56. The zero-order valence-electron chi connectivity index (χ0n) is 20.3. The Bertz CT molecular complexity index is 672. The molecule has 0 saturated carbocycles. The van der Waals surface area contributed by atoms with Gasteiger partial charge in [0.05, 0.1) is 13.2 Å². The molecule has 0 aromatic heterocycles. The normalized spacial score (nSPS) is 20.8. The van der Waals surface area contributed by atoms with Crippen LogP contribution in [0.4, 0.5) is 0 Å². The van der Waals surface area contributed by atoms with Gasteiger partial charge >= 0.3 is 0 Å². The lowest BCUT2D eigenvalue weighted by molar-refractivity contribution is 0.120. The standard InChI is InChI=1S/C24H42N6O.HI/c1-20(29-16-14-28(3)15-17-29)18-26-24(25-2)27-19-23(30-12-6-5-7-13-30)21-8-10-22(31-4)11-9-21;/h8-11,20,23H,5-7,12-19H2,1-4H3,(H2,25,26,27);1H. The van der Waals surface area contributed by atoms with Gasteiger partial charge in [0.15, 0.2) is 5.96 Å². The lowest BCUT2D eigenvalue weighted by atomic mass is 10.0. The number of hydrogen-bond donors (Lipinski definition) is 2. The summed E-state index contributed by atoms with van der Waals surface area (Å²) < 4.78 is 5.36. The van der Waals surface area contributed by atoms with Gasteiger partial charge in [-0.1, -0.05) is 18.6 Å². The summed E-state index contributed by atoms with van der Waals surface area (Å²) in [5, 5.41) is 7.15. The van der Waals surface area contributed by atoms with Crippen molar-refractivity contribution in [2.45, 2.75) is 38.3 Å². The molecule has 2 aliphatic rings. The molecule has 0 amide bonds. The maximum atomic E-state index is 5.36. The van der Waals surface area contributed by atoms with Crippen molar-refractivity contribution in [1.29, 1.82) is 0 Å². The Kier molecular flexibility index (Phi) is 12.1. The second-order valence-corrected chi connectivity index (χ2v) is 8.91. The minimum absolute atomic E-state index is 0.